The number of rotatable bonds is 7. The minimum atomic E-state index is -0.490. The molecule has 2 atom stereocenters. The summed E-state index contributed by atoms with van der Waals surface area (Å²) in [6, 6.07) is 11.7. The normalized spacial score (nSPS) is 12.7. The van der Waals surface area contributed by atoms with E-state index in [-0.39, 0.29) is 24.1 Å². The summed E-state index contributed by atoms with van der Waals surface area (Å²) >= 11 is 0. The third-order valence-corrected chi connectivity index (χ3v) is 4.24. The lowest BCUT2D eigenvalue weighted by Crippen LogP contribution is -3.14. The summed E-state index contributed by atoms with van der Waals surface area (Å²) in [6.45, 7) is 3.24. The molecule has 0 radical (unpaired) electrons. The summed E-state index contributed by atoms with van der Waals surface area (Å²) in [6.07, 6.45) is 0. The van der Waals surface area contributed by atoms with Crippen LogP contribution < -0.4 is 15.5 Å². The van der Waals surface area contributed by atoms with Crippen LogP contribution in [0.5, 0.6) is 0 Å². The highest BCUT2D eigenvalue weighted by Crippen LogP contribution is 2.10. The number of halogens is 1. The lowest BCUT2D eigenvalue weighted by molar-refractivity contribution is -0.885. The minimum Gasteiger partial charge on any atom is -0.321 e. The molecule has 0 bridgehead atoms. The van der Waals surface area contributed by atoms with Crippen molar-refractivity contribution in [2.75, 3.05) is 24.2 Å². The molecule has 0 aromatic heterocycles. The first-order chi connectivity index (χ1) is 12.8. The van der Waals surface area contributed by atoms with Crippen molar-refractivity contribution in [2.45, 2.75) is 19.9 Å². The molecule has 0 spiro atoms. The fourth-order valence-corrected chi connectivity index (χ4v) is 2.44. The van der Waals surface area contributed by atoms with Crippen molar-refractivity contribution in [3.8, 4) is 0 Å². The predicted molar refractivity (Wildman–Crippen MR) is 101 cm³/mol. The summed E-state index contributed by atoms with van der Waals surface area (Å²) in [7, 11) is 1.73. The van der Waals surface area contributed by atoms with Gasteiger partial charge in [-0.25, -0.2) is 4.39 Å². The number of nitrogens with one attached hydrogen (secondary N) is 3. The summed E-state index contributed by atoms with van der Waals surface area (Å²) in [4.78, 5) is 36.4. The van der Waals surface area contributed by atoms with Gasteiger partial charge in [-0.05, 0) is 56.3 Å². The Morgan fingerprint density at radius 2 is 1.70 bits per heavy atom. The fraction of sp³-hybridized carbons (Fsp3) is 0.250. The van der Waals surface area contributed by atoms with Crippen molar-refractivity contribution in [2.24, 2.45) is 0 Å². The second-order valence-corrected chi connectivity index (χ2v) is 6.43. The lowest BCUT2D eigenvalue weighted by Gasteiger charge is -2.20. The second kappa shape index (κ2) is 9.05. The first kappa shape index (κ1) is 20.3. The zero-order chi connectivity index (χ0) is 20.0. The molecular weight excluding hydrogens is 349 g/mol. The third-order valence-electron chi connectivity index (χ3n) is 4.24. The van der Waals surface area contributed by atoms with Crippen molar-refractivity contribution in [1.29, 1.82) is 0 Å². The highest BCUT2D eigenvalue weighted by molar-refractivity contribution is 5.96. The highest BCUT2D eigenvalue weighted by Gasteiger charge is 2.24. The van der Waals surface area contributed by atoms with Gasteiger partial charge in [-0.2, -0.15) is 0 Å². The van der Waals surface area contributed by atoms with Crippen LogP contribution in [0.1, 0.15) is 24.2 Å². The van der Waals surface area contributed by atoms with E-state index in [1.165, 1.54) is 25.1 Å². The van der Waals surface area contributed by atoms with Gasteiger partial charge in [0.15, 0.2) is 18.4 Å². The Hall–Kier alpha value is -3.06. The number of benzene rings is 2. The Morgan fingerprint density at radius 1 is 1.04 bits per heavy atom. The maximum atomic E-state index is 13.2. The van der Waals surface area contributed by atoms with Crippen LogP contribution in [-0.4, -0.2) is 37.2 Å². The van der Waals surface area contributed by atoms with Crippen LogP contribution in [0.15, 0.2) is 48.5 Å². The monoisotopic (exact) mass is 372 g/mol. The van der Waals surface area contributed by atoms with Crippen LogP contribution in [0.3, 0.4) is 0 Å². The number of amides is 2. The Kier molecular flexibility index (Phi) is 6.79. The van der Waals surface area contributed by atoms with Crippen molar-refractivity contribution in [3.63, 3.8) is 0 Å². The van der Waals surface area contributed by atoms with Gasteiger partial charge < -0.3 is 15.5 Å². The van der Waals surface area contributed by atoms with Crippen LogP contribution in [-0.2, 0) is 9.59 Å². The van der Waals surface area contributed by atoms with E-state index >= 15 is 0 Å². The molecule has 27 heavy (non-hydrogen) atoms. The van der Waals surface area contributed by atoms with Gasteiger partial charge in [0.25, 0.3) is 11.8 Å². The second-order valence-electron chi connectivity index (χ2n) is 6.43. The number of carbonyl (C=O) groups excluding carboxylic acids is 3. The average molecular weight is 372 g/mol. The zero-order valence-electron chi connectivity index (χ0n) is 15.5. The molecule has 0 fully saturated rings. The SMILES string of the molecule is CC(=O)c1ccc(NC(=O)[C@@H](C)[NH+](C)CC(=O)Nc2cccc(F)c2)cc1. The lowest BCUT2D eigenvalue weighted by atomic mass is 10.1. The number of ketones is 1. The standard InChI is InChI=1S/C20H22FN3O3/c1-13(20(27)23-17-9-7-15(8-10-17)14(2)25)24(3)12-19(26)22-18-6-4-5-16(21)11-18/h4-11,13H,12H2,1-3H3,(H,22,26)(H,23,27)/p+1/t13-/m1/s1. The van der Waals surface area contributed by atoms with Gasteiger partial charge in [0, 0.05) is 16.9 Å². The molecule has 1 unspecified atom stereocenters. The van der Waals surface area contributed by atoms with E-state index in [1.54, 1.807) is 44.3 Å². The third kappa shape index (κ3) is 6.00. The molecule has 7 heteroatoms. The molecule has 0 aliphatic rings. The van der Waals surface area contributed by atoms with Gasteiger partial charge >= 0.3 is 0 Å². The maximum Gasteiger partial charge on any atom is 0.282 e. The number of hydrogen-bond donors (Lipinski definition) is 3. The molecule has 2 rings (SSSR count). The Morgan fingerprint density at radius 3 is 2.30 bits per heavy atom. The van der Waals surface area contributed by atoms with Gasteiger partial charge in [0.1, 0.15) is 5.82 Å². The van der Waals surface area contributed by atoms with Crippen LogP contribution in [0.2, 0.25) is 0 Å². The van der Waals surface area contributed by atoms with E-state index in [2.05, 4.69) is 10.6 Å². The number of quaternary nitrogens is 1. The van der Waals surface area contributed by atoms with Crippen molar-refractivity contribution in [3.05, 3.63) is 59.9 Å². The van der Waals surface area contributed by atoms with Crippen LogP contribution in [0, 0.1) is 5.82 Å². The molecule has 2 aromatic carbocycles. The smallest absolute Gasteiger partial charge is 0.282 e. The van der Waals surface area contributed by atoms with Crippen LogP contribution >= 0.6 is 0 Å². The molecule has 0 heterocycles. The topological polar surface area (TPSA) is 79.7 Å². The molecule has 0 saturated heterocycles. The van der Waals surface area contributed by atoms with Crippen molar-refractivity contribution in [1.82, 2.24) is 0 Å². The van der Waals surface area contributed by atoms with Crippen molar-refractivity contribution < 1.29 is 23.7 Å². The summed E-state index contributed by atoms with van der Waals surface area (Å²) in [5.41, 5.74) is 1.52. The van der Waals surface area contributed by atoms with E-state index in [0.717, 1.165) is 0 Å². The molecule has 3 N–H and O–H groups in total. The van der Waals surface area contributed by atoms with E-state index in [4.69, 9.17) is 0 Å². The summed E-state index contributed by atoms with van der Waals surface area (Å²) in [5.74, 6) is -1.04. The van der Waals surface area contributed by atoms with Gasteiger partial charge in [0.05, 0.1) is 7.05 Å². The molecule has 142 valence electrons. The Labute approximate surface area is 157 Å². The van der Waals surface area contributed by atoms with Gasteiger partial charge in [-0.15, -0.1) is 0 Å². The van der Waals surface area contributed by atoms with E-state index in [1.807, 2.05) is 0 Å². The summed E-state index contributed by atoms with van der Waals surface area (Å²) < 4.78 is 13.2. The molecule has 0 saturated carbocycles. The Balaban J connectivity index is 1.89. The van der Waals surface area contributed by atoms with Crippen LogP contribution in [0.4, 0.5) is 15.8 Å². The molecular formula is C20H23FN3O3+. The Bertz CT molecular complexity index is 837. The van der Waals surface area contributed by atoms with Gasteiger partial charge in [-0.3, -0.25) is 14.4 Å². The summed E-state index contributed by atoms with van der Waals surface area (Å²) in [5, 5.41) is 5.38. The average Bonchev–Trinajstić information content (AvgIpc) is 2.61. The fourth-order valence-electron chi connectivity index (χ4n) is 2.44. The van der Waals surface area contributed by atoms with Gasteiger partial charge in [0.2, 0.25) is 0 Å². The number of hydrogen-bond acceptors (Lipinski definition) is 3. The largest absolute Gasteiger partial charge is 0.321 e. The van der Waals surface area contributed by atoms with Gasteiger partial charge in [-0.1, -0.05) is 6.07 Å². The first-order valence-corrected chi connectivity index (χ1v) is 8.56. The predicted octanol–water partition coefficient (Wildman–Crippen LogP) is 1.51. The maximum absolute atomic E-state index is 13.2. The molecule has 0 aliphatic heterocycles. The molecule has 6 nitrogen and oxygen atoms in total. The number of carbonyl (C=O) groups is 3. The zero-order valence-corrected chi connectivity index (χ0v) is 15.5. The molecule has 2 aromatic rings. The molecule has 2 amide bonds. The van der Waals surface area contributed by atoms with E-state index < -0.39 is 11.9 Å². The minimum absolute atomic E-state index is 0.0465. The van der Waals surface area contributed by atoms with E-state index in [0.29, 0.717) is 21.8 Å². The van der Waals surface area contributed by atoms with E-state index in [9.17, 15) is 18.8 Å². The number of anilines is 2. The van der Waals surface area contributed by atoms with Crippen LogP contribution in [0.25, 0.3) is 0 Å². The quantitative estimate of drug-likeness (QED) is 0.645. The number of likely N-dealkylation sites (N-methyl/N-ethyl adjacent to an activating group) is 1. The van der Waals surface area contributed by atoms with Crippen molar-refractivity contribution >= 4 is 29.0 Å². The first-order valence-electron chi connectivity index (χ1n) is 8.56. The highest BCUT2D eigenvalue weighted by atomic mass is 19.1. The number of Topliss-reactive ketones (excluding diaryl/α,β-unsaturated/α-hetero) is 1. The molecule has 0 aliphatic carbocycles.